The Morgan fingerprint density at radius 3 is 2.49 bits per heavy atom. The number of anilines is 2. The van der Waals surface area contributed by atoms with Crippen molar-refractivity contribution in [3.8, 4) is 0 Å². The summed E-state index contributed by atoms with van der Waals surface area (Å²) in [6.07, 6.45) is 6.48. The van der Waals surface area contributed by atoms with E-state index in [0.29, 0.717) is 5.56 Å². The second kappa shape index (κ2) is 11.2. The number of nitrogens with zero attached hydrogens (tertiary/aromatic N) is 3. The van der Waals surface area contributed by atoms with Crippen LogP contribution in [-0.4, -0.2) is 33.1 Å². The van der Waals surface area contributed by atoms with Crippen molar-refractivity contribution < 1.29 is 18.8 Å². The summed E-state index contributed by atoms with van der Waals surface area (Å²) in [4.78, 5) is 45.6. The van der Waals surface area contributed by atoms with Gasteiger partial charge < -0.3 is 16.8 Å². The lowest BCUT2D eigenvalue weighted by molar-refractivity contribution is -0.123. The molecule has 3 amide bonds. The van der Waals surface area contributed by atoms with Gasteiger partial charge in [-0.15, -0.1) is 0 Å². The maximum Gasteiger partial charge on any atom is 0.273 e. The van der Waals surface area contributed by atoms with E-state index in [4.69, 9.17) is 11.5 Å². The number of primary amides is 1. The number of rotatable bonds is 7. The molecule has 0 unspecified atom stereocenters. The van der Waals surface area contributed by atoms with Gasteiger partial charge in [-0.3, -0.25) is 24.3 Å². The lowest BCUT2D eigenvalue weighted by Crippen LogP contribution is -2.47. The standard InChI is InChI=1S/C28H27FN6O3S/c29-18-9-11-20(12-10-18)35(28(38)25-22(30)23(26(31)36)34-39-25)24(27(37)33-19-6-2-1-3-7-19)17-8-13-21-16(15-17)5-4-14-32-21/h4-5,8-15,19,24H,1-3,6-7,30H2,(H2,31,36)(H,33,37)/t24-/m1/s1. The number of carbonyl (C=O) groups is 3. The van der Waals surface area contributed by atoms with Gasteiger partial charge in [0.2, 0.25) is 5.91 Å². The zero-order valence-electron chi connectivity index (χ0n) is 21.0. The Morgan fingerprint density at radius 1 is 1.05 bits per heavy atom. The van der Waals surface area contributed by atoms with E-state index in [-0.39, 0.29) is 33.9 Å². The summed E-state index contributed by atoms with van der Waals surface area (Å²) in [5.74, 6) is -2.43. The number of benzene rings is 2. The minimum atomic E-state index is -1.15. The zero-order chi connectivity index (χ0) is 27.5. The van der Waals surface area contributed by atoms with E-state index < -0.39 is 23.7 Å². The molecule has 5 rings (SSSR count). The molecule has 11 heteroatoms. The molecule has 4 aromatic rings. The van der Waals surface area contributed by atoms with E-state index in [1.54, 1.807) is 24.4 Å². The van der Waals surface area contributed by atoms with Crippen LogP contribution in [0.3, 0.4) is 0 Å². The molecule has 0 bridgehead atoms. The molecule has 1 saturated carbocycles. The van der Waals surface area contributed by atoms with Crippen LogP contribution in [0, 0.1) is 5.82 Å². The minimum Gasteiger partial charge on any atom is -0.395 e. The van der Waals surface area contributed by atoms with Crippen LogP contribution in [0.2, 0.25) is 0 Å². The van der Waals surface area contributed by atoms with Crippen LogP contribution in [0.4, 0.5) is 15.8 Å². The highest BCUT2D eigenvalue weighted by Gasteiger charge is 2.37. The average molecular weight is 547 g/mol. The van der Waals surface area contributed by atoms with Crippen molar-refractivity contribution in [1.29, 1.82) is 0 Å². The number of nitrogens with one attached hydrogen (secondary N) is 1. The van der Waals surface area contributed by atoms with Gasteiger partial charge in [-0.25, -0.2) is 4.39 Å². The largest absolute Gasteiger partial charge is 0.395 e. The molecule has 200 valence electrons. The van der Waals surface area contributed by atoms with Crippen LogP contribution in [0.25, 0.3) is 10.9 Å². The average Bonchev–Trinajstić information content (AvgIpc) is 3.33. The van der Waals surface area contributed by atoms with Crippen LogP contribution in [-0.2, 0) is 4.79 Å². The highest BCUT2D eigenvalue weighted by molar-refractivity contribution is 7.09. The van der Waals surface area contributed by atoms with Crippen molar-refractivity contribution >= 4 is 51.5 Å². The van der Waals surface area contributed by atoms with E-state index in [1.165, 1.54) is 29.2 Å². The lowest BCUT2D eigenvalue weighted by Gasteiger charge is -2.33. The third-order valence-corrected chi connectivity index (χ3v) is 7.73. The van der Waals surface area contributed by atoms with Gasteiger partial charge in [-0.1, -0.05) is 31.4 Å². The predicted molar refractivity (Wildman–Crippen MR) is 148 cm³/mol. The maximum absolute atomic E-state index is 14.1. The maximum atomic E-state index is 14.1. The fourth-order valence-electron chi connectivity index (χ4n) is 4.93. The van der Waals surface area contributed by atoms with Crippen LogP contribution >= 0.6 is 11.5 Å². The number of amides is 3. The Hall–Kier alpha value is -4.38. The van der Waals surface area contributed by atoms with Gasteiger partial charge in [0, 0.05) is 23.3 Å². The number of hydrogen-bond acceptors (Lipinski definition) is 7. The molecule has 0 aliphatic heterocycles. The van der Waals surface area contributed by atoms with Gasteiger partial charge in [0.15, 0.2) is 5.69 Å². The normalized spacial score (nSPS) is 14.6. The van der Waals surface area contributed by atoms with Crippen LogP contribution in [0.15, 0.2) is 60.8 Å². The van der Waals surface area contributed by atoms with E-state index in [1.807, 2.05) is 12.1 Å². The van der Waals surface area contributed by atoms with E-state index in [9.17, 15) is 18.8 Å². The summed E-state index contributed by atoms with van der Waals surface area (Å²) in [7, 11) is 0. The molecule has 1 aliphatic rings. The first-order valence-electron chi connectivity index (χ1n) is 12.6. The first-order chi connectivity index (χ1) is 18.8. The molecule has 5 N–H and O–H groups in total. The molecule has 1 fully saturated rings. The third-order valence-electron chi connectivity index (χ3n) is 6.88. The molecule has 0 saturated heterocycles. The summed E-state index contributed by atoms with van der Waals surface area (Å²) >= 11 is 0.718. The second-order valence-corrected chi connectivity index (χ2v) is 10.3. The molecule has 2 heterocycles. The van der Waals surface area contributed by atoms with Gasteiger partial charge in [0.1, 0.15) is 16.7 Å². The number of nitrogens with two attached hydrogens (primary N) is 2. The summed E-state index contributed by atoms with van der Waals surface area (Å²) in [6, 6.07) is 13.1. The third kappa shape index (κ3) is 5.44. The Morgan fingerprint density at radius 2 is 1.79 bits per heavy atom. The molecule has 9 nitrogen and oxygen atoms in total. The number of fused-ring (bicyclic) bond motifs is 1. The second-order valence-electron chi connectivity index (χ2n) is 9.49. The minimum absolute atomic E-state index is 0.0315. The number of pyridine rings is 1. The molecule has 0 radical (unpaired) electrons. The smallest absolute Gasteiger partial charge is 0.273 e. The Bertz CT molecular complexity index is 1530. The van der Waals surface area contributed by atoms with E-state index in [2.05, 4.69) is 14.7 Å². The Balaban J connectivity index is 1.66. The molecule has 0 spiro atoms. The number of nitrogen functional groups attached to an aromatic ring is 1. The Kier molecular flexibility index (Phi) is 7.51. The molecule has 1 aliphatic carbocycles. The monoisotopic (exact) mass is 546 g/mol. The number of carbonyl (C=O) groups excluding carboxylic acids is 3. The van der Waals surface area contributed by atoms with Gasteiger partial charge >= 0.3 is 0 Å². The topological polar surface area (TPSA) is 144 Å². The summed E-state index contributed by atoms with van der Waals surface area (Å²) in [5, 5.41) is 3.91. The number of aromatic nitrogens is 2. The van der Waals surface area contributed by atoms with Crippen LogP contribution in [0.5, 0.6) is 0 Å². The Labute approximate surface area is 228 Å². The highest BCUT2D eigenvalue weighted by atomic mass is 32.1. The molecule has 2 aromatic heterocycles. The lowest BCUT2D eigenvalue weighted by atomic mass is 9.94. The predicted octanol–water partition coefficient (Wildman–Crippen LogP) is 4.35. The van der Waals surface area contributed by atoms with Gasteiger partial charge in [0.25, 0.3) is 11.8 Å². The highest BCUT2D eigenvalue weighted by Crippen LogP contribution is 2.34. The summed E-state index contributed by atoms with van der Waals surface area (Å²) in [6.45, 7) is 0. The van der Waals surface area contributed by atoms with Gasteiger partial charge in [-0.2, -0.15) is 4.37 Å². The summed E-state index contributed by atoms with van der Waals surface area (Å²) < 4.78 is 17.9. The van der Waals surface area contributed by atoms with Crippen molar-refractivity contribution in [1.82, 2.24) is 14.7 Å². The van der Waals surface area contributed by atoms with E-state index in [0.717, 1.165) is 54.5 Å². The van der Waals surface area contributed by atoms with Crippen molar-refractivity contribution in [2.24, 2.45) is 5.73 Å². The van der Waals surface area contributed by atoms with Gasteiger partial charge in [0.05, 0.1) is 11.2 Å². The zero-order valence-corrected chi connectivity index (χ0v) is 21.8. The summed E-state index contributed by atoms with van der Waals surface area (Å²) in [5.41, 5.74) is 12.6. The number of hydrogen-bond donors (Lipinski definition) is 3. The first kappa shape index (κ1) is 26.2. The van der Waals surface area contributed by atoms with Crippen molar-refractivity contribution in [3.05, 3.63) is 82.7 Å². The van der Waals surface area contributed by atoms with Crippen LogP contribution in [0.1, 0.15) is 63.9 Å². The van der Waals surface area contributed by atoms with Gasteiger partial charge in [-0.05, 0) is 72.4 Å². The molecular weight excluding hydrogens is 519 g/mol. The van der Waals surface area contributed by atoms with Crippen LogP contribution < -0.4 is 21.7 Å². The SMILES string of the molecule is NC(=O)c1nsc(C(=O)N(c2ccc(F)cc2)[C@@H](C(=O)NC2CCCCC2)c2ccc3ncccc3c2)c1N. The first-order valence-corrected chi connectivity index (χ1v) is 13.4. The number of halogens is 1. The molecule has 39 heavy (non-hydrogen) atoms. The fourth-order valence-corrected chi connectivity index (χ4v) is 5.68. The van der Waals surface area contributed by atoms with Crippen molar-refractivity contribution in [3.63, 3.8) is 0 Å². The molecule has 1 atom stereocenters. The van der Waals surface area contributed by atoms with E-state index >= 15 is 0 Å². The fraction of sp³-hybridized carbons (Fsp3) is 0.250. The molecule has 2 aromatic carbocycles. The quantitative estimate of drug-likeness (QED) is 0.314. The van der Waals surface area contributed by atoms with Crippen molar-refractivity contribution in [2.75, 3.05) is 10.6 Å². The molecular formula is C28H27FN6O3S. The van der Waals surface area contributed by atoms with Crippen molar-refractivity contribution in [2.45, 2.75) is 44.2 Å².